The third kappa shape index (κ3) is 4.74. The summed E-state index contributed by atoms with van der Waals surface area (Å²) in [6.45, 7) is 7.49. The smallest absolute Gasteiger partial charge is 0.326 e. The molecule has 4 nitrogen and oxygen atoms in total. The Morgan fingerprint density at radius 1 is 1.35 bits per heavy atom. The van der Waals surface area contributed by atoms with Gasteiger partial charge in [-0.2, -0.15) is 0 Å². The molecule has 0 saturated heterocycles. The van der Waals surface area contributed by atoms with Crippen LogP contribution in [0.4, 0.5) is 0 Å². The van der Waals surface area contributed by atoms with Crippen LogP contribution in [-0.2, 0) is 9.53 Å². The van der Waals surface area contributed by atoms with Crippen LogP contribution in [0.15, 0.2) is 0 Å². The molecule has 1 unspecified atom stereocenters. The van der Waals surface area contributed by atoms with Gasteiger partial charge in [0.15, 0.2) is 0 Å². The van der Waals surface area contributed by atoms with Crippen molar-refractivity contribution in [2.75, 3.05) is 27.2 Å². The van der Waals surface area contributed by atoms with Crippen molar-refractivity contribution in [1.29, 1.82) is 0 Å². The Morgan fingerprint density at radius 2 is 1.95 bits per heavy atom. The second-order valence-electron chi connectivity index (χ2n) is 6.45. The van der Waals surface area contributed by atoms with Crippen molar-refractivity contribution >= 4 is 5.97 Å². The lowest BCUT2D eigenvalue weighted by Gasteiger charge is -2.35. The lowest BCUT2D eigenvalue weighted by Crippen LogP contribution is -2.51. The number of ether oxygens (including phenoxy) is 1. The van der Waals surface area contributed by atoms with E-state index in [0.29, 0.717) is 12.6 Å². The van der Waals surface area contributed by atoms with Gasteiger partial charge in [0.1, 0.15) is 5.54 Å². The van der Waals surface area contributed by atoms with Crippen LogP contribution in [0.25, 0.3) is 0 Å². The molecule has 1 fully saturated rings. The molecule has 0 aromatic carbocycles. The summed E-state index contributed by atoms with van der Waals surface area (Å²) in [4.78, 5) is 14.4. The van der Waals surface area contributed by atoms with Crippen molar-refractivity contribution < 1.29 is 9.53 Å². The van der Waals surface area contributed by atoms with E-state index in [-0.39, 0.29) is 5.97 Å². The number of rotatable bonds is 7. The van der Waals surface area contributed by atoms with E-state index in [4.69, 9.17) is 4.74 Å². The molecule has 4 heteroatoms. The van der Waals surface area contributed by atoms with Crippen LogP contribution in [0.2, 0.25) is 0 Å². The monoisotopic (exact) mass is 284 g/mol. The third-order valence-electron chi connectivity index (χ3n) is 4.85. The maximum absolute atomic E-state index is 12.0. The molecule has 1 N–H and O–H groups in total. The maximum atomic E-state index is 12.0. The van der Waals surface area contributed by atoms with E-state index in [2.05, 4.69) is 24.2 Å². The molecule has 1 aliphatic carbocycles. The normalized spacial score (nSPS) is 26.3. The molecule has 0 bridgehead atoms. The average Bonchev–Trinajstić information content (AvgIpc) is 2.45. The zero-order chi connectivity index (χ0) is 15.2. The van der Waals surface area contributed by atoms with Gasteiger partial charge in [0.2, 0.25) is 0 Å². The molecule has 1 rings (SSSR count). The second-order valence-corrected chi connectivity index (χ2v) is 6.45. The summed E-state index contributed by atoms with van der Waals surface area (Å²) in [6.07, 6.45) is 6.01. The SMILES string of the molecule is CCOC(=O)C(C)(CCN(C)C1CCC(C)CC1)NC. The Kier molecular flexibility index (Phi) is 6.96. The average molecular weight is 284 g/mol. The molecule has 20 heavy (non-hydrogen) atoms. The largest absolute Gasteiger partial charge is 0.465 e. The number of carbonyl (C=O) groups is 1. The zero-order valence-corrected chi connectivity index (χ0v) is 13.9. The number of nitrogens with one attached hydrogen (secondary N) is 1. The zero-order valence-electron chi connectivity index (χ0n) is 13.9. The van der Waals surface area contributed by atoms with Gasteiger partial charge >= 0.3 is 5.97 Å². The van der Waals surface area contributed by atoms with Crippen molar-refractivity contribution in [3.05, 3.63) is 0 Å². The van der Waals surface area contributed by atoms with E-state index < -0.39 is 5.54 Å². The van der Waals surface area contributed by atoms with Gasteiger partial charge in [0, 0.05) is 12.6 Å². The minimum atomic E-state index is -0.577. The fraction of sp³-hybridized carbons (Fsp3) is 0.938. The molecule has 0 aliphatic heterocycles. The number of esters is 1. The van der Waals surface area contributed by atoms with Gasteiger partial charge in [-0.1, -0.05) is 6.92 Å². The molecular weight excluding hydrogens is 252 g/mol. The highest BCUT2D eigenvalue weighted by Crippen LogP contribution is 2.27. The van der Waals surface area contributed by atoms with Crippen LogP contribution in [-0.4, -0.2) is 49.7 Å². The van der Waals surface area contributed by atoms with E-state index in [0.717, 1.165) is 18.9 Å². The molecule has 1 saturated carbocycles. The second kappa shape index (κ2) is 7.99. The Labute approximate surface area is 124 Å². The molecular formula is C16H32N2O2. The summed E-state index contributed by atoms with van der Waals surface area (Å²) >= 11 is 0. The lowest BCUT2D eigenvalue weighted by atomic mass is 9.86. The summed E-state index contributed by atoms with van der Waals surface area (Å²) < 4.78 is 5.17. The lowest BCUT2D eigenvalue weighted by molar-refractivity contribution is -0.150. The van der Waals surface area contributed by atoms with Crippen LogP contribution in [0.3, 0.4) is 0 Å². The third-order valence-corrected chi connectivity index (χ3v) is 4.85. The van der Waals surface area contributed by atoms with Gasteiger partial charge in [-0.3, -0.25) is 4.79 Å². The number of hydrogen-bond acceptors (Lipinski definition) is 4. The molecule has 1 atom stereocenters. The van der Waals surface area contributed by atoms with Gasteiger partial charge in [0.25, 0.3) is 0 Å². The first-order valence-electron chi connectivity index (χ1n) is 7.99. The van der Waals surface area contributed by atoms with E-state index in [9.17, 15) is 4.79 Å². The van der Waals surface area contributed by atoms with Gasteiger partial charge in [0.05, 0.1) is 6.61 Å². The quantitative estimate of drug-likeness (QED) is 0.729. The fourth-order valence-electron chi connectivity index (χ4n) is 2.89. The minimum Gasteiger partial charge on any atom is -0.465 e. The van der Waals surface area contributed by atoms with Crippen LogP contribution >= 0.6 is 0 Å². The van der Waals surface area contributed by atoms with Crippen molar-refractivity contribution in [3.8, 4) is 0 Å². The van der Waals surface area contributed by atoms with Crippen molar-refractivity contribution in [2.24, 2.45) is 5.92 Å². The molecule has 0 aromatic rings. The van der Waals surface area contributed by atoms with Gasteiger partial charge in [-0.05, 0) is 66.0 Å². The molecule has 0 spiro atoms. The minimum absolute atomic E-state index is 0.145. The Bertz CT molecular complexity index is 301. The highest BCUT2D eigenvalue weighted by molar-refractivity contribution is 5.80. The fourth-order valence-corrected chi connectivity index (χ4v) is 2.89. The summed E-state index contributed by atoms with van der Waals surface area (Å²) in [5, 5.41) is 3.13. The van der Waals surface area contributed by atoms with Gasteiger partial charge < -0.3 is 15.0 Å². The van der Waals surface area contributed by atoms with E-state index in [1.54, 1.807) is 0 Å². The van der Waals surface area contributed by atoms with Gasteiger partial charge in [-0.15, -0.1) is 0 Å². The first-order chi connectivity index (χ1) is 9.42. The predicted molar refractivity (Wildman–Crippen MR) is 82.8 cm³/mol. The van der Waals surface area contributed by atoms with Crippen molar-refractivity contribution in [1.82, 2.24) is 10.2 Å². The molecule has 118 valence electrons. The highest BCUT2D eigenvalue weighted by Gasteiger charge is 2.33. The van der Waals surface area contributed by atoms with Crippen LogP contribution < -0.4 is 5.32 Å². The summed E-state index contributed by atoms with van der Waals surface area (Å²) in [6, 6.07) is 0.675. The Balaban J connectivity index is 2.45. The molecule has 1 aliphatic rings. The Hall–Kier alpha value is -0.610. The summed E-state index contributed by atoms with van der Waals surface area (Å²) in [5.41, 5.74) is -0.577. The highest BCUT2D eigenvalue weighted by atomic mass is 16.5. The van der Waals surface area contributed by atoms with Crippen LogP contribution in [0, 0.1) is 5.92 Å². The van der Waals surface area contributed by atoms with Gasteiger partial charge in [-0.25, -0.2) is 0 Å². The number of hydrogen-bond donors (Lipinski definition) is 1. The van der Waals surface area contributed by atoms with E-state index in [1.165, 1.54) is 25.7 Å². The molecule has 0 amide bonds. The van der Waals surface area contributed by atoms with E-state index >= 15 is 0 Å². The van der Waals surface area contributed by atoms with Crippen molar-refractivity contribution in [2.45, 2.75) is 64.5 Å². The summed E-state index contributed by atoms with van der Waals surface area (Å²) in [5.74, 6) is 0.731. The standard InChI is InChI=1S/C16H32N2O2/c1-6-20-15(19)16(3,17-4)11-12-18(5)14-9-7-13(2)8-10-14/h13-14,17H,6-12H2,1-5H3. The Morgan fingerprint density at radius 3 is 2.45 bits per heavy atom. The number of likely N-dealkylation sites (N-methyl/N-ethyl adjacent to an activating group) is 1. The first kappa shape index (κ1) is 17.4. The van der Waals surface area contributed by atoms with Crippen LogP contribution in [0.5, 0.6) is 0 Å². The maximum Gasteiger partial charge on any atom is 0.326 e. The van der Waals surface area contributed by atoms with Crippen LogP contribution in [0.1, 0.15) is 52.9 Å². The van der Waals surface area contributed by atoms with Crippen molar-refractivity contribution in [3.63, 3.8) is 0 Å². The molecule has 0 radical (unpaired) electrons. The molecule has 0 heterocycles. The number of carbonyl (C=O) groups excluding carboxylic acids is 1. The predicted octanol–water partition coefficient (Wildman–Crippen LogP) is 2.43. The number of nitrogens with zero attached hydrogens (tertiary/aromatic N) is 1. The molecule has 0 aromatic heterocycles. The summed E-state index contributed by atoms with van der Waals surface area (Å²) in [7, 11) is 4.01. The first-order valence-corrected chi connectivity index (χ1v) is 7.99. The topological polar surface area (TPSA) is 41.6 Å². The van der Waals surface area contributed by atoms with E-state index in [1.807, 2.05) is 20.9 Å².